The van der Waals surface area contributed by atoms with Gasteiger partial charge in [-0.05, 0) is 23.6 Å². The van der Waals surface area contributed by atoms with Gasteiger partial charge in [0.05, 0.1) is 12.8 Å². The minimum atomic E-state index is -1.32. The summed E-state index contributed by atoms with van der Waals surface area (Å²) in [5.74, 6) is -2.66. The SMILES string of the molecule is C[C@H](CS)NC(=O)[C@H](CC(=O)O)NC(=O)[C@H](Cc1ccccc1)NC(=O)Cc1ccc(CNC=O)cc1. The van der Waals surface area contributed by atoms with Crippen molar-refractivity contribution in [3.05, 3.63) is 71.3 Å². The number of carbonyl (C=O) groups excluding carboxylic acids is 4. The van der Waals surface area contributed by atoms with Crippen LogP contribution < -0.4 is 21.3 Å². The van der Waals surface area contributed by atoms with E-state index < -0.39 is 42.2 Å². The zero-order valence-electron chi connectivity index (χ0n) is 20.5. The number of aliphatic carboxylic acids is 1. The summed E-state index contributed by atoms with van der Waals surface area (Å²) in [5, 5.41) is 19.6. The third-order valence-electron chi connectivity index (χ3n) is 5.39. The van der Waals surface area contributed by atoms with Gasteiger partial charge in [0, 0.05) is 24.8 Å². The molecule has 3 atom stereocenters. The van der Waals surface area contributed by atoms with Gasteiger partial charge in [-0.2, -0.15) is 12.6 Å². The Morgan fingerprint density at radius 3 is 2.08 bits per heavy atom. The zero-order valence-corrected chi connectivity index (χ0v) is 21.4. The Labute approximate surface area is 221 Å². The smallest absolute Gasteiger partial charge is 0.305 e. The lowest BCUT2D eigenvalue weighted by Gasteiger charge is -2.23. The highest BCUT2D eigenvalue weighted by Crippen LogP contribution is 2.08. The Balaban J connectivity index is 2.14. The van der Waals surface area contributed by atoms with Gasteiger partial charge in [-0.15, -0.1) is 0 Å². The summed E-state index contributed by atoms with van der Waals surface area (Å²) in [5.41, 5.74) is 2.35. The van der Waals surface area contributed by atoms with Crippen molar-refractivity contribution in [3.63, 3.8) is 0 Å². The minimum Gasteiger partial charge on any atom is -0.481 e. The summed E-state index contributed by atoms with van der Waals surface area (Å²) >= 11 is 4.10. The Morgan fingerprint density at radius 1 is 0.865 bits per heavy atom. The molecule has 0 bridgehead atoms. The molecule has 198 valence electrons. The molecule has 0 aliphatic carbocycles. The standard InChI is InChI=1S/C26H32N4O6S/c1-17(15-37)28-25(35)22(13-24(33)34)30-26(36)21(11-18-5-3-2-4-6-18)29-23(32)12-19-7-9-20(10-8-19)14-27-16-31/h2-10,16-17,21-22,37H,11-15H2,1H3,(H,27,31)(H,28,35)(H,29,32)(H,30,36)(H,33,34)/t17-,21+,22+/m1/s1. The van der Waals surface area contributed by atoms with Crippen LogP contribution in [0.5, 0.6) is 0 Å². The van der Waals surface area contributed by atoms with E-state index in [1.807, 2.05) is 6.07 Å². The molecule has 0 heterocycles. The molecule has 0 spiro atoms. The molecule has 0 unspecified atom stereocenters. The predicted octanol–water partition coefficient (Wildman–Crippen LogP) is 0.597. The van der Waals surface area contributed by atoms with Crippen LogP contribution in [-0.2, 0) is 43.4 Å². The van der Waals surface area contributed by atoms with Crippen molar-refractivity contribution in [1.29, 1.82) is 0 Å². The van der Waals surface area contributed by atoms with E-state index >= 15 is 0 Å². The average Bonchev–Trinajstić information content (AvgIpc) is 2.87. The molecule has 10 nitrogen and oxygen atoms in total. The lowest BCUT2D eigenvalue weighted by atomic mass is 10.0. The highest BCUT2D eigenvalue weighted by molar-refractivity contribution is 7.80. The van der Waals surface area contributed by atoms with Crippen LogP contribution >= 0.6 is 12.6 Å². The number of hydrogen-bond acceptors (Lipinski definition) is 6. The fourth-order valence-electron chi connectivity index (χ4n) is 3.47. The van der Waals surface area contributed by atoms with E-state index in [0.717, 1.165) is 11.1 Å². The topological polar surface area (TPSA) is 154 Å². The van der Waals surface area contributed by atoms with Crippen LogP contribution in [0.25, 0.3) is 0 Å². The fraction of sp³-hybridized carbons (Fsp3) is 0.346. The lowest BCUT2D eigenvalue weighted by molar-refractivity contribution is -0.141. The zero-order chi connectivity index (χ0) is 27.2. The Bertz CT molecular complexity index is 1060. The monoisotopic (exact) mass is 528 g/mol. The van der Waals surface area contributed by atoms with Gasteiger partial charge >= 0.3 is 5.97 Å². The first-order valence-corrected chi connectivity index (χ1v) is 12.4. The predicted molar refractivity (Wildman–Crippen MR) is 141 cm³/mol. The first-order chi connectivity index (χ1) is 17.7. The van der Waals surface area contributed by atoms with Gasteiger partial charge in [0.2, 0.25) is 24.1 Å². The molecule has 2 rings (SSSR count). The van der Waals surface area contributed by atoms with Crippen molar-refractivity contribution in [3.8, 4) is 0 Å². The van der Waals surface area contributed by atoms with E-state index in [-0.39, 0.29) is 18.9 Å². The Kier molecular flexibility index (Phi) is 12.1. The van der Waals surface area contributed by atoms with Crippen LogP contribution in [0, 0.1) is 0 Å². The normalized spacial score (nSPS) is 12.9. The van der Waals surface area contributed by atoms with Gasteiger partial charge in [-0.1, -0.05) is 54.6 Å². The number of amides is 4. The largest absolute Gasteiger partial charge is 0.481 e. The van der Waals surface area contributed by atoms with E-state index in [2.05, 4.69) is 33.9 Å². The summed E-state index contributed by atoms with van der Waals surface area (Å²) in [6.45, 7) is 2.07. The molecular formula is C26H32N4O6S. The molecular weight excluding hydrogens is 496 g/mol. The van der Waals surface area contributed by atoms with E-state index in [0.29, 0.717) is 24.3 Å². The van der Waals surface area contributed by atoms with Crippen LogP contribution in [0.3, 0.4) is 0 Å². The number of carbonyl (C=O) groups is 5. The summed E-state index contributed by atoms with van der Waals surface area (Å²) in [7, 11) is 0. The van der Waals surface area contributed by atoms with Gasteiger partial charge in [0.1, 0.15) is 12.1 Å². The molecule has 0 aliphatic heterocycles. The maximum atomic E-state index is 13.2. The molecule has 11 heteroatoms. The third kappa shape index (κ3) is 10.7. The van der Waals surface area contributed by atoms with Gasteiger partial charge in [-0.3, -0.25) is 24.0 Å². The van der Waals surface area contributed by atoms with E-state index in [1.165, 1.54) is 0 Å². The van der Waals surface area contributed by atoms with Crippen LogP contribution in [0.1, 0.15) is 30.0 Å². The maximum Gasteiger partial charge on any atom is 0.305 e. The third-order valence-corrected chi connectivity index (χ3v) is 5.93. The molecule has 0 fully saturated rings. The molecule has 0 aliphatic rings. The average molecular weight is 529 g/mol. The van der Waals surface area contributed by atoms with Gasteiger partial charge in [-0.25, -0.2) is 0 Å². The summed E-state index contributed by atoms with van der Waals surface area (Å²) in [4.78, 5) is 60.4. The van der Waals surface area contributed by atoms with Crippen LogP contribution in [-0.4, -0.2) is 59.1 Å². The van der Waals surface area contributed by atoms with Crippen LogP contribution in [0.2, 0.25) is 0 Å². The molecule has 0 aromatic heterocycles. The molecule has 2 aromatic rings. The first kappa shape index (κ1) is 29.4. The van der Waals surface area contributed by atoms with Crippen molar-refractivity contribution in [2.45, 2.75) is 50.9 Å². The highest BCUT2D eigenvalue weighted by atomic mass is 32.1. The van der Waals surface area contributed by atoms with Gasteiger partial charge in [0.25, 0.3) is 0 Å². The second-order valence-corrected chi connectivity index (χ2v) is 8.92. The summed E-state index contributed by atoms with van der Waals surface area (Å²) < 4.78 is 0. The highest BCUT2D eigenvalue weighted by Gasteiger charge is 2.29. The molecule has 5 N–H and O–H groups in total. The second kappa shape index (κ2) is 15.3. The van der Waals surface area contributed by atoms with Gasteiger partial charge < -0.3 is 26.4 Å². The van der Waals surface area contributed by atoms with Crippen molar-refractivity contribution in [2.24, 2.45) is 0 Å². The van der Waals surface area contributed by atoms with Crippen molar-refractivity contribution >= 4 is 42.7 Å². The Hall–Kier alpha value is -3.86. The molecule has 0 radical (unpaired) electrons. The van der Waals surface area contributed by atoms with Crippen molar-refractivity contribution in [1.82, 2.24) is 21.3 Å². The number of hydrogen-bond donors (Lipinski definition) is 6. The van der Waals surface area contributed by atoms with Crippen LogP contribution in [0.4, 0.5) is 0 Å². The number of nitrogens with one attached hydrogen (secondary N) is 4. The number of carboxylic acids is 1. The molecule has 37 heavy (non-hydrogen) atoms. The number of carboxylic acid groups (broad SMARTS) is 1. The number of thiol groups is 1. The van der Waals surface area contributed by atoms with Crippen molar-refractivity contribution < 1.29 is 29.1 Å². The number of rotatable bonds is 15. The summed E-state index contributed by atoms with van der Waals surface area (Å²) in [6, 6.07) is 13.4. The van der Waals surface area contributed by atoms with E-state index in [9.17, 15) is 29.1 Å². The second-order valence-electron chi connectivity index (χ2n) is 8.55. The number of benzene rings is 2. The van der Waals surface area contributed by atoms with Crippen LogP contribution in [0.15, 0.2) is 54.6 Å². The fourth-order valence-corrected chi connectivity index (χ4v) is 3.56. The summed E-state index contributed by atoms with van der Waals surface area (Å²) in [6.07, 6.45) is 0.126. The quantitative estimate of drug-likeness (QED) is 0.147. The molecule has 0 saturated heterocycles. The van der Waals surface area contributed by atoms with E-state index in [4.69, 9.17) is 0 Å². The van der Waals surface area contributed by atoms with Crippen molar-refractivity contribution in [2.75, 3.05) is 5.75 Å². The van der Waals surface area contributed by atoms with E-state index in [1.54, 1.807) is 55.5 Å². The molecule has 4 amide bonds. The van der Waals surface area contributed by atoms with Gasteiger partial charge in [0.15, 0.2) is 0 Å². The lowest BCUT2D eigenvalue weighted by Crippen LogP contribution is -2.56. The first-order valence-electron chi connectivity index (χ1n) is 11.7. The molecule has 0 saturated carbocycles. The molecule has 2 aromatic carbocycles. The Morgan fingerprint density at radius 2 is 1.49 bits per heavy atom. The maximum absolute atomic E-state index is 13.2. The minimum absolute atomic E-state index is 0.00153.